The van der Waals surface area contributed by atoms with Crippen LogP contribution in [0, 0.1) is 0 Å². The number of hydrogen-bond acceptors (Lipinski definition) is 6. The van der Waals surface area contributed by atoms with Crippen molar-refractivity contribution in [3.8, 4) is 0 Å². The summed E-state index contributed by atoms with van der Waals surface area (Å²) in [5.41, 5.74) is 2.99. The van der Waals surface area contributed by atoms with E-state index in [1.807, 2.05) is 6.79 Å². The van der Waals surface area contributed by atoms with Crippen LogP contribution in [-0.2, 0) is 4.79 Å². The first-order valence-electron chi connectivity index (χ1n) is 5.55. The molecule has 0 aliphatic heterocycles. The Morgan fingerprint density at radius 1 is 0.950 bits per heavy atom. The maximum atomic E-state index is 8.00. The van der Waals surface area contributed by atoms with Gasteiger partial charge in [-0.2, -0.15) is 0 Å². The molecule has 0 amide bonds. The van der Waals surface area contributed by atoms with Crippen molar-refractivity contribution in [2.75, 3.05) is 0 Å². The number of carbonyl (C=O) groups is 1. The maximum Gasteiger partial charge on any atom is 1.00 e. The van der Waals surface area contributed by atoms with Crippen LogP contribution in [0.5, 0.6) is 0 Å². The van der Waals surface area contributed by atoms with Gasteiger partial charge < -0.3 is 24.4 Å². The van der Waals surface area contributed by atoms with Crippen molar-refractivity contribution in [2.45, 2.75) is 39.5 Å². The molecule has 0 unspecified atom stereocenters. The van der Waals surface area contributed by atoms with E-state index < -0.39 is 0 Å². The Balaban J connectivity index is -0.000000138. The molecule has 0 saturated carbocycles. The van der Waals surface area contributed by atoms with Gasteiger partial charge in [-0.1, -0.05) is 52.0 Å². The molecular formula is C13H23NaO5S. The van der Waals surface area contributed by atoms with Crippen molar-refractivity contribution in [3.05, 3.63) is 35.4 Å². The van der Waals surface area contributed by atoms with Gasteiger partial charge in [-0.3, -0.25) is 0 Å². The third-order valence-electron chi connectivity index (χ3n) is 2.24. The van der Waals surface area contributed by atoms with E-state index >= 15 is 0 Å². The van der Waals surface area contributed by atoms with Gasteiger partial charge in [0.15, 0.2) is 12.3 Å². The molecular weight excluding hydrogens is 291 g/mol. The number of carbonyl (C=O) groups excluding carboxylic acids is 1. The molecule has 0 saturated heterocycles. The van der Waals surface area contributed by atoms with Crippen molar-refractivity contribution in [1.82, 2.24) is 0 Å². The Bertz CT molecular complexity index is 271. The second-order valence-electron chi connectivity index (χ2n) is 4.02. The van der Waals surface area contributed by atoms with Crippen LogP contribution in [0.2, 0.25) is 0 Å². The van der Waals surface area contributed by atoms with Gasteiger partial charge in [-0.05, 0) is 23.0 Å². The van der Waals surface area contributed by atoms with Gasteiger partial charge in [-0.15, -0.1) is 0 Å². The molecule has 1 aromatic rings. The summed E-state index contributed by atoms with van der Waals surface area (Å²) >= 11 is -0.250. The molecule has 1 rings (SSSR count). The molecule has 0 bridgehead atoms. The fourth-order valence-corrected chi connectivity index (χ4v) is 1.56. The first-order chi connectivity index (χ1) is 9.04. The molecule has 5 nitrogen and oxygen atoms in total. The van der Waals surface area contributed by atoms with E-state index in [9.17, 15) is 0 Å². The summed E-state index contributed by atoms with van der Waals surface area (Å²) in [5, 5.41) is 13.0. The molecule has 0 aliphatic rings. The van der Waals surface area contributed by atoms with E-state index in [0.29, 0.717) is 11.8 Å². The third-order valence-corrected chi connectivity index (χ3v) is 2.24. The summed E-state index contributed by atoms with van der Waals surface area (Å²) in [6.07, 6.45) is 0. The Morgan fingerprint density at radius 3 is 1.30 bits per heavy atom. The molecule has 0 aliphatic carbocycles. The molecule has 3 N–H and O–H groups in total. The summed E-state index contributed by atoms with van der Waals surface area (Å²) in [4.78, 5) is 8.00. The molecule has 20 heavy (non-hydrogen) atoms. The zero-order valence-corrected chi connectivity index (χ0v) is 15.6. The van der Waals surface area contributed by atoms with E-state index in [4.69, 9.17) is 24.4 Å². The minimum absolute atomic E-state index is 0. The second-order valence-corrected chi connectivity index (χ2v) is 4.18. The van der Waals surface area contributed by atoms with Crippen LogP contribution in [0.4, 0.5) is 0 Å². The van der Waals surface area contributed by atoms with E-state index in [2.05, 4.69) is 52.0 Å². The fraction of sp³-hybridized carbons (Fsp3) is 0.462. The summed E-state index contributed by atoms with van der Waals surface area (Å²) in [6, 6.07) is 8.72. The van der Waals surface area contributed by atoms with E-state index in [1.54, 1.807) is 0 Å². The van der Waals surface area contributed by atoms with Crippen molar-refractivity contribution >= 4 is 19.1 Å². The summed E-state index contributed by atoms with van der Waals surface area (Å²) in [7, 11) is 0. The maximum absolute atomic E-state index is 8.00. The minimum Gasteiger partial charge on any atom is -0.727 e. The van der Waals surface area contributed by atoms with Crippen molar-refractivity contribution in [2.24, 2.45) is 0 Å². The molecule has 0 spiro atoms. The SMILES string of the molecule is C=O.CC(C)c1ccccc1C(C)C.OSO.[Na+].[O-]O. The average Bonchev–Trinajstić information content (AvgIpc) is 2.44. The molecule has 0 atom stereocenters. The van der Waals surface area contributed by atoms with Crippen LogP contribution in [0.1, 0.15) is 50.7 Å². The summed E-state index contributed by atoms with van der Waals surface area (Å²) in [6.45, 7) is 11.0. The molecule has 1 aromatic carbocycles. The van der Waals surface area contributed by atoms with Crippen LogP contribution in [-0.4, -0.2) is 21.2 Å². The standard InChI is InChI=1S/C12H18.CH2O.Na.H2O2S.H2O2/c1-9(2)11-7-5-6-8-12(11)10(3)4;1-2;;1-3-2;1-2/h5-10H,1-4H3;1H2;;1-2H;1-2H/q;;+1;;/p-1. The quantitative estimate of drug-likeness (QED) is 0.313. The second kappa shape index (κ2) is 21.4. The van der Waals surface area contributed by atoms with Gasteiger partial charge in [0.1, 0.15) is 6.79 Å². The normalized spacial score (nSPS) is 8.10. The third kappa shape index (κ3) is 14.5. The molecule has 0 aromatic heterocycles. The van der Waals surface area contributed by atoms with Crippen LogP contribution in [0.3, 0.4) is 0 Å². The Labute approximate surface area is 147 Å². The monoisotopic (exact) mass is 314 g/mol. The molecule has 0 radical (unpaired) electrons. The molecule has 7 heteroatoms. The fourth-order valence-electron chi connectivity index (χ4n) is 1.56. The Kier molecular flexibility index (Phi) is 30.2. The van der Waals surface area contributed by atoms with E-state index in [1.165, 1.54) is 11.1 Å². The smallest absolute Gasteiger partial charge is 0.727 e. The van der Waals surface area contributed by atoms with Crippen molar-refractivity contribution in [3.63, 3.8) is 0 Å². The summed E-state index contributed by atoms with van der Waals surface area (Å²) in [5.74, 6) is 1.28. The predicted octanol–water partition coefficient (Wildman–Crippen LogP) is 0.238. The molecule has 0 heterocycles. The van der Waals surface area contributed by atoms with Crippen LogP contribution < -0.4 is 34.8 Å². The van der Waals surface area contributed by atoms with E-state index in [-0.39, 0.29) is 41.9 Å². The van der Waals surface area contributed by atoms with Crippen molar-refractivity contribution < 1.29 is 54.0 Å². The minimum atomic E-state index is -0.250. The number of hydrogen-bond donors (Lipinski definition) is 3. The Hall–Kier alpha value is 0.0800. The number of benzene rings is 1. The van der Waals surface area contributed by atoms with Crippen molar-refractivity contribution in [1.29, 1.82) is 0 Å². The predicted molar refractivity (Wildman–Crippen MR) is 77.2 cm³/mol. The average molecular weight is 314 g/mol. The van der Waals surface area contributed by atoms with Gasteiger partial charge in [0.25, 0.3) is 0 Å². The zero-order valence-electron chi connectivity index (χ0n) is 12.7. The van der Waals surface area contributed by atoms with Gasteiger partial charge in [0.05, 0.1) is 0 Å². The van der Waals surface area contributed by atoms with Crippen LogP contribution >= 0.6 is 12.3 Å². The molecule has 0 fully saturated rings. The zero-order chi connectivity index (χ0) is 15.8. The Morgan fingerprint density at radius 2 is 1.15 bits per heavy atom. The van der Waals surface area contributed by atoms with Gasteiger partial charge >= 0.3 is 29.6 Å². The largest absolute Gasteiger partial charge is 1.00 e. The van der Waals surface area contributed by atoms with E-state index in [0.717, 1.165) is 0 Å². The number of rotatable bonds is 2. The van der Waals surface area contributed by atoms with Gasteiger partial charge in [0.2, 0.25) is 0 Å². The molecule has 112 valence electrons. The summed E-state index contributed by atoms with van der Waals surface area (Å²) < 4.78 is 14.1. The topological polar surface area (TPSA) is 101 Å². The van der Waals surface area contributed by atoms with Gasteiger partial charge in [0, 0.05) is 0 Å². The van der Waals surface area contributed by atoms with Crippen LogP contribution in [0.25, 0.3) is 0 Å². The first-order valence-corrected chi connectivity index (χ1v) is 6.28. The first kappa shape index (κ1) is 28.3. The van der Waals surface area contributed by atoms with Crippen LogP contribution in [0.15, 0.2) is 24.3 Å². The van der Waals surface area contributed by atoms with Gasteiger partial charge in [-0.25, -0.2) is 0 Å².